The van der Waals surface area contributed by atoms with Crippen molar-refractivity contribution in [2.45, 2.75) is 39.3 Å². The van der Waals surface area contributed by atoms with Crippen LogP contribution in [0.3, 0.4) is 0 Å². The zero-order valence-corrected chi connectivity index (χ0v) is 18.7. The first-order valence-corrected chi connectivity index (χ1v) is 10.1. The summed E-state index contributed by atoms with van der Waals surface area (Å²) in [7, 11) is 1.52. The number of hydrogen-bond acceptors (Lipinski definition) is 5. The summed E-state index contributed by atoms with van der Waals surface area (Å²) >= 11 is 0. The number of carbonyl (C=O) groups excluding carboxylic acids is 2. The number of alkyl carbamates (subject to hydrolysis) is 1. The summed E-state index contributed by atoms with van der Waals surface area (Å²) < 4.78 is 16.2. The Balaban J connectivity index is 1.85. The highest BCUT2D eigenvalue weighted by atomic mass is 16.6. The molecule has 8 heteroatoms. The fourth-order valence-corrected chi connectivity index (χ4v) is 2.68. The first kappa shape index (κ1) is 23.9. The van der Waals surface area contributed by atoms with Crippen molar-refractivity contribution >= 4 is 17.8 Å². The van der Waals surface area contributed by atoms with Crippen LogP contribution in [0, 0.1) is 0 Å². The molecule has 0 fully saturated rings. The molecular weight excluding hydrogens is 398 g/mol. The molecule has 0 bridgehead atoms. The largest absolute Gasteiger partial charge is 0.493 e. The predicted octanol–water partition coefficient (Wildman–Crippen LogP) is 4.48. The van der Waals surface area contributed by atoms with Gasteiger partial charge in [0.1, 0.15) is 12.2 Å². The first-order chi connectivity index (χ1) is 14.7. The summed E-state index contributed by atoms with van der Waals surface area (Å²) in [5.74, 6) is 0.961. The van der Waals surface area contributed by atoms with Crippen molar-refractivity contribution < 1.29 is 23.8 Å². The lowest BCUT2D eigenvalue weighted by atomic mass is 10.1. The maximum Gasteiger partial charge on any atom is 0.407 e. The van der Waals surface area contributed by atoms with Crippen LogP contribution in [-0.4, -0.2) is 38.0 Å². The van der Waals surface area contributed by atoms with Gasteiger partial charge in [-0.1, -0.05) is 30.3 Å². The lowest BCUT2D eigenvalue weighted by Crippen LogP contribution is -2.34. The lowest BCUT2D eigenvalue weighted by molar-refractivity contribution is 0.0520. The molecule has 3 amide bonds. The number of carbonyl (C=O) groups is 2. The van der Waals surface area contributed by atoms with E-state index in [4.69, 9.17) is 14.2 Å². The van der Waals surface area contributed by atoms with Crippen LogP contribution >= 0.6 is 0 Å². The summed E-state index contributed by atoms with van der Waals surface area (Å²) in [6, 6.07) is 14.3. The Kier molecular flexibility index (Phi) is 8.54. The molecule has 8 nitrogen and oxygen atoms in total. The van der Waals surface area contributed by atoms with Gasteiger partial charge in [-0.15, -0.1) is 0 Å². The highest BCUT2D eigenvalue weighted by Crippen LogP contribution is 2.30. The molecular formula is C23H31N3O5. The molecule has 168 valence electrons. The number of rotatable bonds is 8. The monoisotopic (exact) mass is 429 g/mol. The van der Waals surface area contributed by atoms with E-state index in [0.717, 1.165) is 5.56 Å². The Bertz CT molecular complexity index is 865. The van der Waals surface area contributed by atoms with Crippen molar-refractivity contribution in [1.82, 2.24) is 10.6 Å². The highest BCUT2D eigenvalue weighted by molar-refractivity contribution is 5.89. The zero-order valence-electron chi connectivity index (χ0n) is 18.7. The summed E-state index contributed by atoms with van der Waals surface area (Å²) in [4.78, 5) is 24.0. The molecule has 1 atom stereocenters. The van der Waals surface area contributed by atoms with Gasteiger partial charge in [0, 0.05) is 11.8 Å². The number of nitrogens with one attached hydrogen (secondary N) is 3. The SMILES string of the molecule is COc1cc(NC(=O)N[C@@H](C)c2ccccc2)ccc1OCCNC(=O)OC(C)(C)C. The fraction of sp³-hybridized carbons (Fsp3) is 0.391. The molecule has 0 aliphatic heterocycles. The molecule has 0 spiro atoms. The minimum Gasteiger partial charge on any atom is -0.493 e. The third kappa shape index (κ3) is 8.46. The molecule has 0 radical (unpaired) electrons. The van der Waals surface area contributed by atoms with E-state index in [1.54, 1.807) is 39.0 Å². The number of benzene rings is 2. The quantitative estimate of drug-likeness (QED) is 0.538. The Morgan fingerprint density at radius 2 is 1.74 bits per heavy atom. The van der Waals surface area contributed by atoms with Crippen LogP contribution < -0.4 is 25.4 Å². The van der Waals surface area contributed by atoms with Gasteiger partial charge in [-0.05, 0) is 45.4 Å². The molecule has 0 saturated heterocycles. The van der Waals surface area contributed by atoms with Crippen LogP contribution in [0.15, 0.2) is 48.5 Å². The number of hydrogen-bond donors (Lipinski definition) is 3. The van der Waals surface area contributed by atoms with Gasteiger partial charge in [0.05, 0.1) is 19.7 Å². The zero-order chi connectivity index (χ0) is 22.9. The summed E-state index contributed by atoms with van der Waals surface area (Å²) in [5.41, 5.74) is 1.02. The molecule has 3 N–H and O–H groups in total. The standard InChI is InChI=1S/C23H31N3O5/c1-16(17-9-7-6-8-10-17)25-21(27)26-18-11-12-19(20(15-18)29-5)30-14-13-24-22(28)31-23(2,3)4/h6-12,15-16H,13-14H2,1-5H3,(H,24,28)(H2,25,26,27)/t16-/m0/s1. The van der Waals surface area contributed by atoms with Crippen LogP contribution in [0.1, 0.15) is 39.3 Å². The van der Waals surface area contributed by atoms with Crippen molar-refractivity contribution in [3.63, 3.8) is 0 Å². The summed E-state index contributed by atoms with van der Waals surface area (Å²) in [6.07, 6.45) is -0.502. The topological polar surface area (TPSA) is 97.9 Å². The number of urea groups is 1. The second-order valence-corrected chi connectivity index (χ2v) is 7.87. The van der Waals surface area contributed by atoms with Crippen molar-refractivity contribution in [3.05, 3.63) is 54.1 Å². The van der Waals surface area contributed by atoms with E-state index in [1.807, 2.05) is 37.3 Å². The molecule has 0 aliphatic rings. The third-order valence-corrected chi connectivity index (χ3v) is 4.10. The van der Waals surface area contributed by atoms with Gasteiger partial charge in [0.15, 0.2) is 11.5 Å². The van der Waals surface area contributed by atoms with Gasteiger partial charge in [-0.2, -0.15) is 0 Å². The predicted molar refractivity (Wildman–Crippen MR) is 120 cm³/mol. The lowest BCUT2D eigenvalue weighted by Gasteiger charge is -2.19. The number of methoxy groups -OCH3 is 1. The number of amides is 3. The van der Waals surface area contributed by atoms with Gasteiger partial charge >= 0.3 is 12.1 Å². The van der Waals surface area contributed by atoms with Crippen LogP contribution in [-0.2, 0) is 4.74 Å². The van der Waals surface area contributed by atoms with E-state index in [-0.39, 0.29) is 25.2 Å². The summed E-state index contributed by atoms with van der Waals surface area (Å²) in [6.45, 7) is 7.82. The molecule has 31 heavy (non-hydrogen) atoms. The molecule has 2 aromatic rings. The molecule has 2 rings (SSSR count). The minimum absolute atomic E-state index is 0.136. The maximum atomic E-state index is 12.3. The highest BCUT2D eigenvalue weighted by Gasteiger charge is 2.16. The van der Waals surface area contributed by atoms with Crippen molar-refractivity contribution in [2.24, 2.45) is 0 Å². The van der Waals surface area contributed by atoms with Crippen LogP contribution in [0.5, 0.6) is 11.5 Å². The van der Waals surface area contributed by atoms with Gasteiger partial charge in [-0.3, -0.25) is 0 Å². The average molecular weight is 430 g/mol. The fourth-order valence-electron chi connectivity index (χ4n) is 2.68. The van der Waals surface area contributed by atoms with E-state index in [1.165, 1.54) is 7.11 Å². The molecule has 0 heterocycles. The second-order valence-electron chi connectivity index (χ2n) is 7.87. The summed E-state index contributed by atoms with van der Waals surface area (Å²) in [5, 5.41) is 8.30. The minimum atomic E-state index is -0.553. The van der Waals surface area contributed by atoms with E-state index in [2.05, 4.69) is 16.0 Å². The molecule has 0 aromatic heterocycles. The van der Waals surface area contributed by atoms with Crippen LogP contribution in [0.4, 0.5) is 15.3 Å². The maximum absolute atomic E-state index is 12.3. The van der Waals surface area contributed by atoms with Gasteiger partial charge in [0.25, 0.3) is 0 Å². The molecule has 0 saturated carbocycles. The van der Waals surface area contributed by atoms with Crippen LogP contribution in [0.2, 0.25) is 0 Å². The third-order valence-electron chi connectivity index (χ3n) is 4.10. The second kappa shape index (κ2) is 11.1. The van der Waals surface area contributed by atoms with E-state index in [0.29, 0.717) is 17.2 Å². The Morgan fingerprint density at radius 3 is 2.39 bits per heavy atom. The Morgan fingerprint density at radius 1 is 1.03 bits per heavy atom. The van der Waals surface area contributed by atoms with E-state index >= 15 is 0 Å². The Hall–Kier alpha value is -3.42. The van der Waals surface area contributed by atoms with Gasteiger partial charge in [-0.25, -0.2) is 9.59 Å². The average Bonchev–Trinajstić information content (AvgIpc) is 2.71. The van der Waals surface area contributed by atoms with Gasteiger partial charge in [0.2, 0.25) is 0 Å². The van der Waals surface area contributed by atoms with Gasteiger partial charge < -0.3 is 30.2 Å². The normalized spacial score (nSPS) is 11.8. The molecule has 2 aromatic carbocycles. The van der Waals surface area contributed by atoms with E-state index in [9.17, 15) is 9.59 Å². The van der Waals surface area contributed by atoms with Crippen LogP contribution in [0.25, 0.3) is 0 Å². The number of ether oxygens (including phenoxy) is 3. The molecule has 0 aliphatic carbocycles. The van der Waals surface area contributed by atoms with E-state index < -0.39 is 11.7 Å². The smallest absolute Gasteiger partial charge is 0.407 e. The number of anilines is 1. The van der Waals surface area contributed by atoms with Crippen molar-refractivity contribution in [2.75, 3.05) is 25.6 Å². The molecule has 0 unspecified atom stereocenters. The van der Waals surface area contributed by atoms with Crippen molar-refractivity contribution in [3.8, 4) is 11.5 Å². The van der Waals surface area contributed by atoms with Crippen molar-refractivity contribution in [1.29, 1.82) is 0 Å². The first-order valence-electron chi connectivity index (χ1n) is 10.1. The Labute approximate surface area is 183 Å².